The lowest BCUT2D eigenvalue weighted by Crippen LogP contribution is -2.04. The Labute approximate surface area is 105 Å². The number of ketones is 1. The molecule has 0 bridgehead atoms. The van der Waals surface area contributed by atoms with Gasteiger partial charge in [-0.1, -0.05) is 18.2 Å². The van der Waals surface area contributed by atoms with Crippen molar-refractivity contribution in [3.05, 3.63) is 42.2 Å². The molecule has 0 fully saturated rings. The van der Waals surface area contributed by atoms with Crippen LogP contribution in [0.15, 0.2) is 36.5 Å². The molecule has 0 spiro atoms. The molecule has 18 heavy (non-hydrogen) atoms. The Morgan fingerprint density at radius 2 is 2.11 bits per heavy atom. The highest BCUT2D eigenvalue weighted by Crippen LogP contribution is 2.06. The molecular formula is C13H15N3O2. The van der Waals surface area contributed by atoms with Crippen molar-refractivity contribution >= 4 is 5.78 Å². The maximum atomic E-state index is 11.8. The third-order valence-electron chi connectivity index (χ3n) is 2.52. The molecular weight excluding hydrogens is 230 g/mol. The van der Waals surface area contributed by atoms with Gasteiger partial charge in [-0.3, -0.25) is 4.79 Å². The molecule has 0 N–H and O–H groups in total. The fourth-order valence-corrected chi connectivity index (χ4v) is 1.58. The summed E-state index contributed by atoms with van der Waals surface area (Å²) >= 11 is 0. The van der Waals surface area contributed by atoms with Gasteiger partial charge < -0.3 is 4.74 Å². The summed E-state index contributed by atoms with van der Waals surface area (Å²) in [5.74, 6) is -0.00534. The number of para-hydroxylation sites is 1. The van der Waals surface area contributed by atoms with Gasteiger partial charge in [0.2, 0.25) is 0 Å². The minimum absolute atomic E-state index is 0.00534. The molecule has 5 nitrogen and oxygen atoms in total. The lowest BCUT2D eigenvalue weighted by Gasteiger charge is -1.98. The van der Waals surface area contributed by atoms with Crippen LogP contribution in [0.5, 0.6) is 0 Å². The molecule has 0 aliphatic carbocycles. The van der Waals surface area contributed by atoms with Crippen LogP contribution in [0.2, 0.25) is 0 Å². The third-order valence-corrected chi connectivity index (χ3v) is 2.52. The van der Waals surface area contributed by atoms with Crippen molar-refractivity contribution < 1.29 is 9.53 Å². The molecule has 0 atom stereocenters. The van der Waals surface area contributed by atoms with Crippen molar-refractivity contribution in [2.24, 2.45) is 0 Å². The molecule has 0 unspecified atom stereocenters. The van der Waals surface area contributed by atoms with Gasteiger partial charge in [0.25, 0.3) is 0 Å². The highest BCUT2D eigenvalue weighted by molar-refractivity contribution is 5.93. The van der Waals surface area contributed by atoms with Crippen LogP contribution in [0.3, 0.4) is 0 Å². The largest absolute Gasteiger partial charge is 0.385 e. The molecule has 0 saturated heterocycles. The molecule has 5 heteroatoms. The van der Waals surface area contributed by atoms with E-state index in [1.165, 1.54) is 11.0 Å². The van der Waals surface area contributed by atoms with E-state index in [4.69, 9.17) is 4.74 Å². The lowest BCUT2D eigenvalue weighted by molar-refractivity contribution is 0.0958. The number of hydrogen-bond donors (Lipinski definition) is 0. The molecule has 0 radical (unpaired) electrons. The predicted octanol–water partition coefficient (Wildman–Crippen LogP) is 1.88. The van der Waals surface area contributed by atoms with E-state index in [-0.39, 0.29) is 5.78 Å². The minimum Gasteiger partial charge on any atom is -0.385 e. The van der Waals surface area contributed by atoms with Gasteiger partial charge in [-0.15, -0.1) is 5.10 Å². The van der Waals surface area contributed by atoms with Gasteiger partial charge in [0, 0.05) is 20.1 Å². The number of methoxy groups -OCH3 is 1. The van der Waals surface area contributed by atoms with Gasteiger partial charge in [-0.25, -0.2) is 0 Å². The molecule has 2 rings (SSSR count). The first-order valence-corrected chi connectivity index (χ1v) is 5.81. The number of hydrogen-bond acceptors (Lipinski definition) is 4. The maximum absolute atomic E-state index is 11.8. The summed E-state index contributed by atoms with van der Waals surface area (Å²) in [5, 5.41) is 8.26. The Morgan fingerprint density at radius 1 is 1.33 bits per heavy atom. The summed E-state index contributed by atoms with van der Waals surface area (Å²) < 4.78 is 4.91. The van der Waals surface area contributed by atoms with E-state index < -0.39 is 0 Å². The van der Waals surface area contributed by atoms with E-state index in [9.17, 15) is 4.79 Å². The smallest absolute Gasteiger partial charge is 0.184 e. The van der Waals surface area contributed by atoms with Crippen molar-refractivity contribution in [2.45, 2.75) is 12.8 Å². The van der Waals surface area contributed by atoms with E-state index in [1.54, 1.807) is 7.11 Å². The second-order valence-corrected chi connectivity index (χ2v) is 3.87. The molecule has 2 aromatic rings. The number of ether oxygens (including phenoxy) is 1. The standard InChI is InChI=1S/C13H15N3O2/c1-18-9-5-8-13(17)12-10-14-16(15-12)11-6-3-2-4-7-11/h2-4,6-7,10H,5,8-9H2,1H3. The Kier molecular flexibility index (Phi) is 4.20. The first-order chi connectivity index (χ1) is 8.81. The fourth-order valence-electron chi connectivity index (χ4n) is 1.58. The quantitative estimate of drug-likeness (QED) is 0.576. The van der Waals surface area contributed by atoms with Crippen LogP contribution in [0.25, 0.3) is 5.69 Å². The minimum atomic E-state index is -0.00534. The Morgan fingerprint density at radius 3 is 2.83 bits per heavy atom. The average molecular weight is 245 g/mol. The number of carbonyl (C=O) groups excluding carboxylic acids is 1. The van der Waals surface area contributed by atoms with Gasteiger partial charge in [0.1, 0.15) is 5.69 Å². The van der Waals surface area contributed by atoms with Crippen LogP contribution in [-0.4, -0.2) is 34.5 Å². The molecule has 1 aromatic heterocycles. The van der Waals surface area contributed by atoms with E-state index in [2.05, 4.69) is 10.2 Å². The van der Waals surface area contributed by atoms with Gasteiger partial charge in [0.05, 0.1) is 11.9 Å². The van der Waals surface area contributed by atoms with Crippen LogP contribution in [0, 0.1) is 0 Å². The fraction of sp³-hybridized carbons (Fsp3) is 0.308. The summed E-state index contributed by atoms with van der Waals surface area (Å²) in [4.78, 5) is 13.3. The summed E-state index contributed by atoms with van der Waals surface area (Å²) in [6.45, 7) is 0.582. The average Bonchev–Trinajstić information content (AvgIpc) is 2.89. The number of aromatic nitrogens is 3. The molecule has 0 aliphatic rings. The van der Waals surface area contributed by atoms with Gasteiger partial charge in [-0.2, -0.15) is 9.90 Å². The molecule has 1 aromatic carbocycles. The van der Waals surface area contributed by atoms with Crippen molar-refractivity contribution in [3.63, 3.8) is 0 Å². The highest BCUT2D eigenvalue weighted by Gasteiger charge is 2.10. The number of benzene rings is 1. The third kappa shape index (κ3) is 3.01. The summed E-state index contributed by atoms with van der Waals surface area (Å²) in [7, 11) is 1.62. The van der Waals surface area contributed by atoms with Gasteiger partial charge >= 0.3 is 0 Å². The van der Waals surface area contributed by atoms with E-state index >= 15 is 0 Å². The Balaban J connectivity index is 2.04. The number of Topliss-reactive ketones (excluding diaryl/α,β-unsaturated/α-hetero) is 1. The van der Waals surface area contributed by atoms with Crippen LogP contribution < -0.4 is 0 Å². The zero-order valence-corrected chi connectivity index (χ0v) is 10.2. The van der Waals surface area contributed by atoms with Crippen LogP contribution in [0.1, 0.15) is 23.3 Å². The maximum Gasteiger partial charge on any atom is 0.184 e. The summed E-state index contributed by atoms with van der Waals surface area (Å²) in [6.07, 6.45) is 2.64. The number of rotatable bonds is 6. The lowest BCUT2D eigenvalue weighted by atomic mass is 10.2. The first kappa shape index (κ1) is 12.4. The zero-order valence-electron chi connectivity index (χ0n) is 10.2. The van der Waals surface area contributed by atoms with E-state index in [0.29, 0.717) is 25.1 Å². The summed E-state index contributed by atoms with van der Waals surface area (Å²) in [5.41, 5.74) is 1.24. The predicted molar refractivity (Wildman–Crippen MR) is 66.8 cm³/mol. The van der Waals surface area contributed by atoms with E-state index in [1.807, 2.05) is 30.3 Å². The molecule has 0 aliphatic heterocycles. The second-order valence-electron chi connectivity index (χ2n) is 3.87. The molecule has 94 valence electrons. The molecule has 1 heterocycles. The van der Waals surface area contributed by atoms with E-state index in [0.717, 1.165) is 5.69 Å². The van der Waals surface area contributed by atoms with Crippen molar-refractivity contribution in [3.8, 4) is 5.69 Å². The van der Waals surface area contributed by atoms with Crippen molar-refractivity contribution in [1.82, 2.24) is 15.0 Å². The highest BCUT2D eigenvalue weighted by atomic mass is 16.5. The Bertz CT molecular complexity index is 508. The van der Waals surface area contributed by atoms with Crippen LogP contribution in [0.4, 0.5) is 0 Å². The summed E-state index contributed by atoms with van der Waals surface area (Å²) in [6, 6.07) is 9.50. The van der Waals surface area contributed by atoms with Crippen molar-refractivity contribution in [2.75, 3.05) is 13.7 Å². The van der Waals surface area contributed by atoms with Crippen LogP contribution >= 0.6 is 0 Å². The number of nitrogens with zero attached hydrogens (tertiary/aromatic N) is 3. The normalized spacial score (nSPS) is 10.5. The van der Waals surface area contributed by atoms with Crippen LogP contribution in [-0.2, 0) is 4.74 Å². The Hall–Kier alpha value is -2.01. The SMILES string of the molecule is COCCCC(=O)c1cnn(-c2ccccc2)n1. The van der Waals surface area contributed by atoms with Crippen molar-refractivity contribution in [1.29, 1.82) is 0 Å². The number of carbonyl (C=O) groups is 1. The molecule has 0 saturated carbocycles. The molecule has 0 amide bonds. The van der Waals surface area contributed by atoms with Gasteiger partial charge in [0.15, 0.2) is 5.78 Å². The monoisotopic (exact) mass is 245 g/mol. The zero-order chi connectivity index (χ0) is 12.8. The van der Waals surface area contributed by atoms with Gasteiger partial charge in [-0.05, 0) is 18.6 Å². The topological polar surface area (TPSA) is 57.0 Å². The second kappa shape index (κ2) is 6.07. The first-order valence-electron chi connectivity index (χ1n) is 5.81.